The van der Waals surface area contributed by atoms with Gasteiger partial charge < -0.3 is 25.0 Å². The third-order valence-corrected chi connectivity index (χ3v) is 5.35. The third kappa shape index (κ3) is 10.4. The molecule has 208 valence electrons. The summed E-state index contributed by atoms with van der Waals surface area (Å²) in [6, 6.07) is 7.51. The molecule has 0 aliphatic carbocycles. The second-order valence-corrected chi connectivity index (χ2v) is 8.23. The molecule has 0 atom stereocenters. The number of hydrogen-bond donors (Lipinski definition) is 4. The minimum atomic E-state index is -1.26. The van der Waals surface area contributed by atoms with E-state index in [9.17, 15) is 19.2 Å². The SMILES string of the molecule is Clc1ccc(-c2nn(CCn3ccnc3)c3ccncc23)cc1Cl.O=C(O)C=CC(=O)O.O=C(O)C=CC(=O)O. The van der Waals surface area contributed by atoms with Gasteiger partial charge in [0.15, 0.2) is 0 Å². The van der Waals surface area contributed by atoms with Crippen LogP contribution in [0.3, 0.4) is 0 Å². The van der Waals surface area contributed by atoms with Gasteiger partial charge in [0.25, 0.3) is 0 Å². The van der Waals surface area contributed by atoms with Crippen LogP contribution in [0.4, 0.5) is 0 Å². The number of carbonyl (C=O) groups is 4. The van der Waals surface area contributed by atoms with E-state index in [-0.39, 0.29) is 0 Å². The van der Waals surface area contributed by atoms with Gasteiger partial charge in [-0.1, -0.05) is 29.3 Å². The van der Waals surface area contributed by atoms with Crippen molar-refractivity contribution in [3.8, 4) is 11.3 Å². The molecule has 4 rings (SSSR count). The number of nitrogens with zero attached hydrogens (tertiary/aromatic N) is 5. The average Bonchev–Trinajstić information content (AvgIpc) is 3.56. The number of carboxylic acids is 4. The average molecular weight is 590 g/mol. The van der Waals surface area contributed by atoms with Crippen LogP contribution in [0.2, 0.25) is 10.0 Å². The number of aromatic nitrogens is 5. The molecule has 1 aromatic carbocycles. The molecular formula is C25H21Cl2N5O8. The van der Waals surface area contributed by atoms with Crippen LogP contribution >= 0.6 is 23.2 Å². The van der Waals surface area contributed by atoms with Gasteiger partial charge in [0.2, 0.25) is 0 Å². The van der Waals surface area contributed by atoms with Crippen molar-refractivity contribution in [2.45, 2.75) is 13.1 Å². The fourth-order valence-corrected chi connectivity index (χ4v) is 3.26. The second kappa shape index (κ2) is 15.4. The molecule has 0 fully saturated rings. The number of benzene rings is 1. The molecule has 0 spiro atoms. The Kier molecular flexibility index (Phi) is 12.0. The summed E-state index contributed by atoms with van der Waals surface area (Å²) < 4.78 is 4.00. The van der Waals surface area contributed by atoms with Crippen molar-refractivity contribution >= 4 is 58.0 Å². The first-order valence-electron chi connectivity index (χ1n) is 11.0. The van der Waals surface area contributed by atoms with E-state index in [1.807, 2.05) is 39.8 Å². The van der Waals surface area contributed by atoms with Gasteiger partial charge in [-0.05, 0) is 18.2 Å². The van der Waals surface area contributed by atoms with Gasteiger partial charge in [-0.2, -0.15) is 5.10 Å². The summed E-state index contributed by atoms with van der Waals surface area (Å²) in [6.07, 6.45) is 11.3. The van der Waals surface area contributed by atoms with Crippen LogP contribution in [0.5, 0.6) is 0 Å². The molecule has 0 saturated carbocycles. The maximum absolute atomic E-state index is 9.55. The topological polar surface area (TPSA) is 198 Å². The van der Waals surface area contributed by atoms with Gasteiger partial charge in [-0.15, -0.1) is 0 Å². The van der Waals surface area contributed by atoms with Crippen molar-refractivity contribution in [2.24, 2.45) is 0 Å². The minimum Gasteiger partial charge on any atom is -0.478 e. The Morgan fingerprint density at radius 3 is 1.88 bits per heavy atom. The lowest BCUT2D eigenvalue weighted by Gasteiger charge is -2.04. The van der Waals surface area contributed by atoms with Gasteiger partial charge in [-0.3, -0.25) is 9.67 Å². The van der Waals surface area contributed by atoms with Gasteiger partial charge >= 0.3 is 23.9 Å². The maximum atomic E-state index is 9.55. The highest BCUT2D eigenvalue weighted by atomic mass is 35.5. The molecule has 0 aliphatic rings. The van der Waals surface area contributed by atoms with E-state index in [1.54, 1.807) is 24.8 Å². The maximum Gasteiger partial charge on any atom is 0.328 e. The lowest BCUT2D eigenvalue weighted by molar-refractivity contribution is -0.134. The Balaban J connectivity index is 0.000000290. The monoisotopic (exact) mass is 589 g/mol. The van der Waals surface area contributed by atoms with E-state index in [1.165, 1.54) is 0 Å². The fraction of sp³-hybridized carbons (Fsp3) is 0.0800. The number of pyridine rings is 1. The van der Waals surface area contributed by atoms with Crippen molar-refractivity contribution in [1.29, 1.82) is 0 Å². The number of fused-ring (bicyclic) bond motifs is 1. The van der Waals surface area contributed by atoms with Crippen molar-refractivity contribution in [3.05, 3.63) is 89.7 Å². The summed E-state index contributed by atoms with van der Waals surface area (Å²) in [4.78, 5) is 46.5. The minimum absolute atomic E-state index is 0.513. The Labute approximate surface area is 235 Å². The van der Waals surface area contributed by atoms with Crippen LogP contribution in [0.25, 0.3) is 22.2 Å². The zero-order valence-corrected chi connectivity index (χ0v) is 21.8. The number of imidazole rings is 1. The highest BCUT2D eigenvalue weighted by Crippen LogP contribution is 2.32. The molecule has 15 heteroatoms. The molecule has 3 aromatic heterocycles. The zero-order valence-electron chi connectivity index (χ0n) is 20.3. The molecule has 4 aromatic rings. The molecule has 0 radical (unpaired) electrons. The quantitative estimate of drug-likeness (QED) is 0.218. The first-order chi connectivity index (χ1) is 19.0. The summed E-state index contributed by atoms with van der Waals surface area (Å²) in [6.45, 7) is 1.53. The smallest absolute Gasteiger partial charge is 0.328 e. The van der Waals surface area contributed by atoms with Crippen molar-refractivity contribution in [3.63, 3.8) is 0 Å². The molecule has 0 unspecified atom stereocenters. The number of hydrogen-bond acceptors (Lipinski definition) is 7. The number of rotatable bonds is 8. The Bertz CT molecular complexity index is 1480. The Morgan fingerprint density at radius 1 is 0.775 bits per heavy atom. The lowest BCUT2D eigenvalue weighted by Crippen LogP contribution is -2.07. The highest BCUT2D eigenvalue weighted by Gasteiger charge is 2.13. The van der Waals surface area contributed by atoms with E-state index >= 15 is 0 Å². The van der Waals surface area contributed by atoms with Crippen LogP contribution in [0.15, 0.2) is 79.7 Å². The summed E-state index contributed by atoms with van der Waals surface area (Å²) in [5.74, 6) is -5.03. The van der Waals surface area contributed by atoms with Gasteiger partial charge in [0, 0.05) is 66.6 Å². The van der Waals surface area contributed by atoms with E-state index < -0.39 is 23.9 Å². The lowest BCUT2D eigenvalue weighted by atomic mass is 10.1. The van der Waals surface area contributed by atoms with E-state index in [0.29, 0.717) is 34.3 Å². The van der Waals surface area contributed by atoms with E-state index in [0.717, 1.165) is 35.2 Å². The molecule has 40 heavy (non-hydrogen) atoms. The standard InChI is InChI=1S/C17H13Cl2N5.2C4H4O4/c18-14-2-1-12(9-15(14)19)17-13-10-20-4-3-16(13)24(22-17)8-7-23-6-5-21-11-23;2*5-3(6)1-2-4(7)8/h1-6,9-11H,7-8H2;2*1-2H,(H,5,6)(H,7,8). The Morgan fingerprint density at radius 2 is 1.38 bits per heavy atom. The van der Waals surface area contributed by atoms with Crippen LogP contribution in [0, 0.1) is 0 Å². The van der Waals surface area contributed by atoms with Gasteiger partial charge in [0.1, 0.15) is 5.69 Å². The Hall–Kier alpha value is -5.01. The van der Waals surface area contributed by atoms with Crippen molar-refractivity contribution < 1.29 is 39.6 Å². The first-order valence-corrected chi connectivity index (χ1v) is 11.7. The number of aliphatic carboxylic acids is 4. The summed E-state index contributed by atoms with van der Waals surface area (Å²) in [5.41, 5.74) is 2.80. The molecule has 0 saturated heterocycles. The molecule has 4 N–H and O–H groups in total. The zero-order chi connectivity index (χ0) is 29.7. The highest BCUT2D eigenvalue weighted by molar-refractivity contribution is 6.42. The van der Waals surface area contributed by atoms with Crippen LogP contribution < -0.4 is 0 Å². The number of aryl methyl sites for hydroxylation is 2. The van der Waals surface area contributed by atoms with Crippen molar-refractivity contribution in [1.82, 2.24) is 24.3 Å². The number of carboxylic acid groups (broad SMARTS) is 4. The first kappa shape index (κ1) is 31.2. The molecule has 0 amide bonds. The summed E-state index contributed by atoms with van der Waals surface area (Å²) in [7, 11) is 0. The van der Waals surface area contributed by atoms with Crippen LogP contribution in [0.1, 0.15) is 0 Å². The normalized spacial score (nSPS) is 10.6. The van der Waals surface area contributed by atoms with Crippen molar-refractivity contribution in [2.75, 3.05) is 0 Å². The van der Waals surface area contributed by atoms with E-state index in [2.05, 4.69) is 9.97 Å². The fourth-order valence-electron chi connectivity index (χ4n) is 2.96. The van der Waals surface area contributed by atoms with Gasteiger partial charge in [-0.25, -0.2) is 24.2 Å². The molecule has 3 heterocycles. The van der Waals surface area contributed by atoms with Crippen LogP contribution in [-0.2, 0) is 32.3 Å². The predicted octanol–water partition coefficient (Wildman–Crippen LogP) is 3.73. The largest absolute Gasteiger partial charge is 0.478 e. The molecular weight excluding hydrogens is 569 g/mol. The predicted molar refractivity (Wildman–Crippen MR) is 144 cm³/mol. The molecule has 0 aliphatic heterocycles. The summed E-state index contributed by atoms with van der Waals surface area (Å²) in [5, 5.41) is 38.1. The van der Waals surface area contributed by atoms with E-state index in [4.69, 9.17) is 48.7 Å². The second-order valence-electron chi connectivity index (χ2n) is 7.41. The van der Waals surface area contributed by atoms with Crippen LogP contribution in [-0.4, -0.2) is 68.6 Å². The molecule has 0 bridgehead atoms. The molecule has 13 nitrogen and oxygen atoms in total. The third-order valence-electron chi connectivity index (χ3n) is 4.61. The van der Waals surface area contributed by atoms with Gasteiger partial charge in [0.05, 0.1) is 28.4 Å². The number of halogens is 2. The summed E-state index contributed by atoms with van der Waals surface area (Å²) >= 11 is 12.2.